The lowest BCUT2D eigenvalue weighted by Gasteiger charge is -2.20. The fourth-order valence-electron chi connectivity index (χ4n) is 1.69. The Kier molecular flexibility index (Phi) is 10.1. The Morgan fingerprint density at radius 1 is 0.481 bits per heavy atom. The molecular formula is C14H19N3O10. The van der Waals surface area contributed by atoms with E-state index in [-0.39, 0.29) is 0 Å². The molecule has 0 radical (unpaired) electrons. The number of carboxylic acid groups (broad SMARTS) is 5. The SMILES string of the molecule is O=C(O)CN(/C=C/N(CC(=O)O)CC(=O)O)/C=C/N(CC(=O)O)CC(=O)O. The van der Waals surface area contributed by atoms with E-state index >= 15 is 0 Å². The second kappa shape index (κ2) is 11.7. The minimum Gasteiger partial charge on any atom is -0.480 e. The zero-order chi connectivity index (χ0) is 21.0. The van der Waals surface area contributed by atoms with E-state index in [0.29, 0.717) is 0 Å². The van der Waals surface area contributed by atoms with Crippen molar-refractivity contribution < 1.29 is 49.5 Å². The van der Waals surface area contributed by atoms with E-state index < -0.39 is 62.6 Å². The average Bonchev–Trinajstić information content (AvgIpc) is 2.46. The molecule has 0 saturated carbocycles. The van der Waals surface area contributed by atoms with Crippen LogP contribution in [0.25, 0.3) is 0 Å². The zero-order valence-corrected chi connectivity index (χ0v) is 14.0. The summed E-state index contributed by atoms with van der Waals surface area (Å²) in [7, 11) is 0. The van der Waals surface area contributed by atoms with Gasteiger partial charge in [-0.3, -0.25) is 24.0 Å². The fraction of sp³-hybridized carbons (Fsp3) is 0.357. The minimum atomic E-state index is -1.31. The molecule has 0 aromatic rings. The maximum atomic E-state index is 10.9. The van der Waals surface area contributed by atoms with E-state index in [0.717, 1.165) is 39.5 Å². The fourth-order valence-corrected chi connectivity index (χ4v) is 1.69. The Morgan fingerprint density at radius 3 is 0.963 bits per heavy atom. The quantitative estimate of drug-likeness (QED) is 0.225. The van der Waals surface area contributed by atoms with Crippen LogP contribution < -0.4 is 0 Å². The van der Waals surface area contributed by atoms with Gasteiger partial charge in [0.05, 0.1) is 0 Å². The Hall–Kier alpha value is -3.77. The maximum Gasteiger partial charge on any atom is 0.323 e. The Morgan fingerprint density at radius 2 is 0.741 bits per heavy atom. The third kappa shape index (κ3) is 13.2. The highest BCUT2D eigenvalue weighted by atomic mass is 16.4. The molecule has 0 bridgehead atoms. The van der Waals surface area contributed by atoms with Gasteiger partial charge in [0.1, 0.15) is 32.7 Å². The van der Waals surface area contributed by atoms with Crippen LogP contribution >= 0.6 is 0 Å². The van der Waals surface area contributed by atoms with Crippen LogP contribution in [-0.4, -0.2) is 103 Å². The summed E-state index contributed by atoms with van der Waals surface area (Å²) in [5.74, 6) is -6.54. The van der Waals surface area contributed by atoms with Gasteiger partial charge in [-0.1, -0.05) is 0 Å². The van der Waals surface area contributed by atoms with E-state index in [1.54, 1.807) is 0 Å². The van der Waals surface area contributed by atoms with Crippen LogP contribution in [-0.2, 0) is 24.0 Å². The standard InChI is InChI=1S/C14H19N3O10/c18-10(19)5-15(1-3-16(6-11(20)21)7-12(22)23)2-4-17(8-13(24)25)9-14(26)27/h1-4H,5-9H2,(H,18,19)(H,20,21)(H,22,23)(H,24,25)(H,26,27)/b3-1+,4-2+. The molecule has 0 aliphatic carbocycles. The molecule has 0 aromatic heterocycles. The summed E-state index contributed by atoms with van der Waals surface area (Å²) < 4.78 is 0. The predicted molar refractivity (Wildman–Crippen MR) is 86.3 cm³/mol. The van der Waals surface area contributed by atoms with Crippen LogP contribution in [0.4, 0.5) is 0 Å². The van der Waals surface area contributed by atoms with Gasteiger partial charge >= 0.3 is 29.8 Å². The Balaban J connectivity index is 5.33. The zero-order valence-electron chi connectivity index (χ0n) is 14.0. The van der Waals surface area contributed by atoms with Gasteiger partial charge in [0.2, 0.25) is 0 Å². The molecule has 0 fully saturated rings. The van der Waals surface area contributed by atoms with E-state index in [4.69, 9.17) is 25.5 Å². The summed E-state index contributed by atoms with van der Waals surface area (Å²) in [6.45, 7) is -3.25. The first-order chi connectivity index (χ1) is 12.5. The van der Waals surface area contributed by atoms with Crippen LogP contribution in [0.1, 0.15) is 0 Å². The molecule has 0 rings (SSSR count). The summed E-state index contributed by atoms with van der Waals surface area (Å²) >= 11 is 0. The summed E-state index contributed by atoms with van der Waals surface area (Å²) in [5, 5.41) is 43.9. The van der Waals surface area contributed by atoms with E-state index in [1.807, 2.05) is 0 Å². The van der Waals surface area contributed by atoms with Crippen molar-refractivity contribution in [1.82, 2.24) is 14.7 Å². The van der Waals surface area contributed by atoms with Crippen LogP contribution in [0.15, 0.2) is 24.8 Å². The minimum absolute atomic E-state index is 0.630. The summed E-state index contributed by atoms with van der Waals surface area (Å²) in [6.07, 6.45) is 4.20. The second-order valence-corrected chi connectivity index (χ2v) is 5.05. The molecule has 0 spiro atoms. The van der Waals surface area contributed by atoms with Gasteiger partial charge in [0.15, 0.2) is 0 Å². The molecule has 0 unspecified atom stereocenters. The number of nitrogens with zero attached hydrogens (tertiary/aromatic N) is 3. The van der Waals surface area contributed by atoms with Crippen molar-refractivity contribution >= 4 is 29.8 Å². The third-order valence-electron chi connectivity index (χ3n) is 2.61. The summed E-state index contributed by atoms with van der Waals surface area (Å²) in [6, 6.07) is 0. The summed E-state index contributed by atoms with van der Waals surface area (Å²) in [5.41, 5.74) is 0. The molecule has 0 aliphatic rings. The van der Waals surface area contributed by atoms with Gasteiger partial charge < -0.3 is 40.2 Å². The molecular weight excluding hydrogens is 370 g/mol. The average molecular weight is 389 g/mol. The highest BCUT2D eigenvalue weighted by Crippen LogP contribution is 1.99. The van der Waals surface area contributed by atoms with Gasteiger partial charge in [-0.15, -0.1) is 0 Å². The van der Waals surface area contributed by atoms with Crippen molar-refractivity contribution in [2.24, 2.45) is 0 Å². The van der Waals surface area contributed by atoms with Crippen LogP contribution in [0, 0.1) is 0 Å². The van der Waals surface area contributed by atoms with Crippen LogP contribution in [0.5, 0.6) is 0 Å². The largest absolute Gasteiger partial charge is 0.480 e. The number of hydrogen-bond acceptors (Lipinski definition) is 8. The second-order valence-electron chi connectivity index (χ2n) is 5.05. The molecule has 27 heavy (non-hydrogen) atoms. The van der Waals surface area contributed by atoms with Crippen molar-refractivity contribution in [3.05, 3.63) is 24.8 Å². The highest BCUT2D eigenvalue weighted by Gasteiger charge is 2.12. The molecule has 0 atom stereocenters. The van der Waals surface area contributed by atoms with Crippen LogP contribution in [0.3, 0.4) is 0 Å². The molecule has 0 amide bonds. The lowest BCUT2D eigenvalue weighted by atomic mass is 10.4. The number of aliphatic carboxylic acids is 5. The number of carboxylic acids is 5. The third-order valence-corrected chi connectivity index (χ3v) is 2.61. The van der Waals surface area contributed by atoms with E-state index in [1.165, 1.54) is 0 Å². The summed E-state index contributed by atoms with van der Waals surface area (Å²) in [4.78, 5) is 56.6. The van der Waals surface area contributed by atoms with E-state index in [2.05, 4.69) is 0 Å². The van der Waals surface area contributed by atoms with Crippen molar-refractivity contribution in [2.45, 2.75) is 0 Å². The first kappa shape index (κ1) is 23.2. The number of hydrogen-bond donors (Lipinski definition) is 5. The highest BCUT2D eigenvalue weighted by molar-refractivity contribution is 5.73. The molecule has 0 aliphatic heterocycles. The molecule has 13 nitrogen and oxygen atoms in total. The van der Waals surface area contributed by atoms with Crippen molar-refractivity contribution in [2.75, 3.05) is 32.7 Å². The molecule has 150 valence electrons. The molecule has 13 heteroatoms. The van der Waals surface area contributed by atoms with E-state index in [9.17, 15) is 24.0 Å². The first-order valence-electron chi connectivity index (χ1n) is 7.19. The Labute approximate surface area is 152 Å². The predicted octanol–water partition coefficient (Wildman–Crippen LogP) is -1.74. The van der Waals surface area contributed by atoms with Gasteiger partial charge in [-0.05, 0) is 0 Å². The first-order valence-corrected chi connectivity index (χ1v) is 7.19. The molecule has 0 heterocycles. The molecule has 0 saturated heterocycles. The molecule has 5 N–H and O–H groups in total. The number of carbonyl (C=O) groups is 5. The molecule has 0 aromatic carbocycles. The Bertz CT molecular complexity index is 553. The van der Waals surface area contributed by atoms with Crippen molar-refractivity contribution in [3.63, 3.8) is 0 Å². The van der Waals surface area contributed by atoms with Gasteiger partial charge in [-0.2, -0.15) is 0 Å². The van der Waals surface area contributed by atoms with Crippen molar-refractivity contribution in [1.29, 1.82) is 0 Å². The van der Waals surface area contributed by atoms with Crippen molar-refractivity contribution in [3.8, 4) is 0 Å². The van der Waals surface area contributed by atoms with Gasteiger partial charge in [0.25, 0.3) is 0 Å². The van der Waals surface area contributed by atoms with Gasteiger partial charge in [-0.25, -0.2) is 0 Å². The monoisotopic (exact) mass is 389 g/mol. The topological polar surface area (TPSA) is 196 Å². The normalized spacial score (nSPS) is 10.7. The van der Waals surface area contributed by atoms with Crippen LogP contribution in [0.2, 0.25) is 0 Å². The lowest BCUT2D eigenvalue weighted by Crippen LogP contribution is -2.32. The lowest BCUT2D eigenvalue weighted by molar-refractivity contribution is -0.142. The van der Waals surface area contributed by atoms with Gasteiger partial charge in [0, 0.05) is 24.8 Å². The maximum absolute atomic E-state index is 10.9. The smallest absolute Gasteiger partial charge is 0.323 e. The number of rotatable bonds is 14.